The van der Waals surface area contributed by atoms with Gasteiger partial charge in [0, 0.05) is 19.2 Å². The molecule has 5 heteroatoms. The fourth-order valence-corrected chi connectivity index (χ4v) is 3.25. The molecule has 1 aliphatic carbocycles. The van der Waals surface area contributed by atoms with Crippen molar-refractivity contribution in [1.29, 1.82) is 0 Å². The van der Waals surface area contributed by atoms with Crippen LogP contribution in [0.1, 0.15) is 38.5 Å². The Hall–Kier alpha value is -0.650. The van der Waals surface area contributed by atoms with Crippen molar-refractivity contribution in [1.82, 2.24) is 5.32 Å². The van der Waals surface area contributed by atoms with Crippen LogP contribution >= 0.6 is 0 Å². The van der Waals surface area contributed by atoms with Gasteiger partial charge in [-0.15, -0.1) is 0 Å². The van der Waals surface area contributed by atoms with Crippen molar-refractivity contribution >= 4 is 5.97 Å². The number of carbonyl (C=O) groups excluding carboxylic acids is 1. The zero-order valence-corrected chi connectivity index (χ0v) is 12.6. The minimum absolute atomic E-state index is 0.0664. The van der Waals surface area contributed by atoms with Crippen LogP contribution in [0, 0.1) is 5.92 Å². The maximum atomic E-state index is 11.5. The Morgan fingerprint density at radius 3 is 2.25 bits per heavy atom. The number of rotatable bonds is 6. The first-order valence-corrected chi connectivity index (χ1v) is 7.67. The quantitative estimate of drug-likeness (QED) is 0.750. The normalized spacial score (nSPS) is 34.1. The number of methoxy groups -OCH3 is 2. The fraction of sp³-hybridized carbons (Fsp3) is 0.933. The molecule has 0 aromatic rings. The minimum Gasteiger partial charge on any atom is -0.469 e. The van der Waals surface area contributed by atoms with Gasteiger partial charge in [-0.25, -0.2) is 0 Å². The molecule has 5 nitrogen and oxygen atoms in total. The molecule has 1 saturated carbocycles. The molecule has 0 spiro atoms. The van der Waals surface area contributed by atoms with Crippen molar-refractivity contribution in [3.05, 3.63) is 0 Å². The number of hydrogen-bond acceptors (Lipinski definition) is 5. The van der Waals surface area contributed by atoms with Crippen molar-refractivity contribution in [2.45, 2.75) is 56.7 Å². The zero-order chi connectivity index (χ0) is 14.4. The summed E-state index contributed by atoms with van der Waals surface area (Å²) in [7, 11) is 3.21. The summed E-state index contributed by atoms with van der Waals surface area (Å²) in [6, 6.07) is 0.928. The van der Waals surface area contributed by atoms with Gasteiger partial charge >= 0.3 is 5.97 Å². The molecule has 1 heterocycles. The summed E-state index contributed by atoms with van der Waals surface area (Å²) in [6.45, 7) is 1.55. The number of esters is 1. The van der Waals surface area contributed by atoms with E-state index < -0.39 is 0 Å². The van der Waals surface area contributed by atoms with E-state index in [4.69, 9.17) is 14.2 Å². The van der Waals surface area contributed by atoms with Gasteiger partial charge in [-0.3, -0.25) is 4.79 Å². The SMILES string of the molecule is COC[C@@H]1CC[C@@H](CO[C@H]2CC[C@H](C(=O)OC)CC2)N1. The van der Waals surface area contributed by atoms with Crippen LogP contribution in [0.3, 0.4) is 0 Å². The molecule has 1 saturated heterocycles. The van der Waals surface area contributed by atoms with E-state index in [9.17, 15) is 4.79 Å². The monoisotopic (exact) mass is 285 g/mol. The molecular formula is C15H27NO4. The van der Waals surface area contributed by atoms with E-state index in [1.54, 1.807) is 7.11 Å². The van der Waals surface area contributed by atoms with E-state index in [2.05, 4.69) is 5.32 Å². The molecule has 0 aromatic heterocycles. The topological polar surface area (TPSA) is 56.8 Å². The number of hydrogen-bond donors (Lipinski definition) is 1. The van der Waals surface area contributed by atoms with Gasteiger partial charge < -0.3 is 19.5 Å². The van der Waals surface area contributed by atoms with Crippen LogP contribution in [0.25, 0.3) is 0 Å². The Morgan fingerprint density at radius 2 is 1.65 bits per heavy atom. The van der Waals surface area contributed by atoms with E-state index in [0.717, 1.165) is 51.7 Å². The third-order valence-electron chi connectivity index (χ3n) is 4.44. The molecule has 0 radical (unpaired) electrons. The van der Waals surface area contributed by atoms with Crippen LogP contribution in [-0.2, 0) is 19.0 Å². The van der Waals surface area contributed by atoms with E-state index in [1.165, 1.54) is 7.11 Å². The van der Waals surface area contributed by atoms with Gasteiger partial charge in [0.2, 0.25) is 0 Å². The van der Waals surface area contributed by atoms with E-state index in [1.807, 2.05) is 0 Å². The lowest BCUT2D eigenvalue weighted by Gasteiger charge is -2.28. The number of nitrogens with one attached hydrogen (secondary N) is 1. The van der Waals surface area contributed by atoms with Crippen LogP contribution < -0.4 is 5.32 Å². The highest BCUT2D eigenvalue weighted by Gasteiger charge is 2.29. The molecule has 0 unspecified atom stereocenters. The van der Waals surface area contributed by atoms with Crippen molar-refractivity contribution in [2.24, 2.45) is 5.92 Å². The first-order valence-electron chi connectivity index (χ1n) is 7.67. The Bertz CT molecular complexity index is 302. The molecule has 1 aliphatic heterocycles. The molecule has 2 aliphatic rings. The molecule has 2 fully saturated rings. The summed E-state index contributed by atoms with van der Waals surface area (Å²) in [5.41, 5.74) is 0. The number of carbonyl (C=O) groups is 1. The summed E-state index contributed by atoms with van der Waals surface area (Å²) < 4.78 is 16.0. The maximum absolute atomic E-state index is 11.5. The van der Waals surface area contributed by atoms with Crippen LogP contribution in [0.2, 0.25) is 0 Å². The summed E-state index contributed by atoms with van der Waals surface area (Å²) in [5, 5.41) is 3.54. The maximum Gasteiger partial charge on any atom is 0.308 e. The largest absolute Gasteiger partial charge is 0.469 e. The molecular weight excluding hydrogens is 258 g/mol. The average Bonchev–Trinajstić information content (AvgIpc) is 2.93. The molecule has 2 rings (SSSR count). The van der Waals surface area contributed by atoms with Gasteiger partial charge in [-0.1, -0.05) is 0 Å². The summed E-state index contributed by atoms with van der Waals surface area (Å²) >= 11 is 0. The molecule has 0 bridgehead atoms. The molecule has 0 amide bonds. The summed E-state index contributed by atoms with van der Waals surface area (Å²) in [4.78, 5) is 11.5. The predicted octanol–water partition coefficient (Wildman–Crippen LogP) is 1.50. The van der Waals surface area contributed by atoms with Gasteiger partial charge in [-0.05, 0) is 38.5 Å². The van der Waals surface area contributed by atoms with E-state index in [0.29, 0.717) is 18.2 Å². The summed E-state index contributed by atoms with van der Waals surface area (Å²) in [5.74, 6) is 0.0128. The lowest BCUT2D eigenvalue weighted by molar-refractivity contribution is -0.147. The second kappa shape index (κ2) is 7.96. The first-order chi connectivity index (χ1) is 9.72. The van der Waals surface area contributed by atoms with Gasteiger partial charge in [0.15, 0.2) is 0 Å². The highest BCUT2D eigenvalue weighted by atomic mass is 16.5. The molecule has 20 heavy (non-hydrogen) atoms. The van der Waals surface area contributed by atoms with Crippen LogP contribution in [0.15, 0.2) is 0 Å². The van der Waals surface area contributed by atoms with Crippen LogP contribution in [0.5, 0.6) is 0 Å². The zero-order valence-electron chi connectivity index (χ0n) is 12.6. The van der Waals surface area contributed by atoms with Gasteiger partial charge in [-0.2, -0.15) is 0 Å². The smallest absolute Gasteiger partial charge is 0.308 e. The highest BCUT2D eigenvalue weighted by Crippen LogP contribution is 2.27. The summed E-state index contributed by atoms with van der Waals surface area (Å²) in [6.07, 6.45) is 6.34. The Morgan fingerprint density at radius 1 is 1.00 bits per heavy atom. The lowest BCUT2D eigenvalue weighted by atomic mass is 9.87. The minimum atomic E-state index is -0.0664. The van der Waals surface area contributed by atoms with Crippen molar-refractivity contribution < 1.29 is 19.0 Å². The molecule has 116 valence electrons. The van der Waals surface area contributed by atoms with Gasteiger partial charge in [0.05, 0.1) is 32.3 Å². The van der Waals surface area contributed by atoms with Crippen LogP contribution in [-0.4, -0.2) is 51.6 Å². The molecule has 0 aromatic carbocycles. The van der Waals surface area contributed by atoms with Crippen molar-refractivity contribution in [3.63, 3.8) is 0 Å². The second-order valence-corrected chi connectivity index (χ2v) is 5.92. The standard InChI is InChI=1S/C15H27NO4/c1-18-9-12-5-6-13(16-12)10-20-14-7-3-11(4-8-14)15(17)19-2/h11-14,16H,3-10H2,1-2H3/t11-,12-,13-,14-/m0/s1. The third kappa shape index (κ3) is 4.43. The van der Waals surface area contributed by atoms with Crippen LogP contribution in [0.4, 0.5) is 0 Å². The molecule has 2 atom stereocenters. The first kappa shape index (κ1) is 15.7. The average molecular weight is 285 g/mol. The fourth-order valence-electron chi connectivity index (χ4n) is 3.25. The van der Waals surface area contributed by atoms with Crippen molar-refractivity contribution in [3.8, 4) is 0 Å². The van der Waals surface area contributed by atoms with E-state index >= 15 is 0 Å². The van der Waals surface area contributed by atoms with Gasteiger partial charge in [0.25, 0.3) is 0 Å². The Labute approximate surface area is 121 Å². The van der Waals surface area contributed by atoms with Gasteiger partial charge in [0.1, 0.15) is 0 Å². The molecule has 1 N–H and O–H groups in total. The Balaban J connectivity index is 1.61. The van der Waals surface area contributed by atoms with Crippen molar-refractivity contribution in [2.75, 3.05) is 27.4 Å². The predicted molar refractivity (Wildman–Crippen MR) is 75.5 cm³/mol. The third-order valence-corrected chi connectivity index (χ3v) is 4.44. The highest BCUT2D eigenvalue weighted by molar-refractivity contribution is 5.72. The lowest BCUT2D eigenvalue weighted by Crippen LogP contribution is -2.37. The second-order valence-electron chi connectivity index (χ2n) is 5.92. The number of ether oxygens (including phenoxy) is 3. The Kier molecular flexibility index (Phi) is 6.26. The van der Waals surface area contributed by atoms with E-state index in [-0.39, 0.29) is 11.9 Å².